The lowest BCUT2D eigenvalue weighted by molar-refractivity contribution is 0.0982. The number of methoxy groups -OCH3 is 2. The maximum absolute atomic E-state index is 13.0. The Hall–Kier alpha value is -7.67. The summed E-state index contributed by atoms with van der Waals surface area (Å²) in [7, 11) is 0.649. The standard InChI is InChI=1S/C33H41ClN10O3S.C18H30N4O.C15H12Cl2N6O2S/c1-21-18-27(29(47-3)19-28(21)44-12-8-22(9-13-44)43-16-14-42(2)15-17-43)39-33-37-20-24(34)32(40-33)38-26-7-6-25-30(36-11-10-35-25)31(26)41-48(45,46)23-4-5-23;1-14-12-16(19)18(23-3)13-17(14)22-6-4-15(5-7-22)21-10-8-20(2)9-11-21;16-9-7-20-15(17)22-14(9)21-11-4-3-10-12(19-6-5-18-10)13(11)23-26(24,25)8-1-2-8/h6-7,10-11,18-20,22-23,41H,4-5,8-9,12-17H2,1-3H3,(H2,37,38,39,40);12-13,15H,4-11,19H2,1-3H3;3-8,23H,1-2H2,(H,20,21,22). The highest BCUT2D eigenvalue weighted by atomic mass is 35.5. The van der Waals surface area contributed by atoms with Gasteiger partial charge in [0.05, 0.1) is 82.3 Å². The number of ether oxygens (including phenoxy) is 2. The van der Waals surface area contributed by atoms with Gasteiger partial charge in [-0.15, -0.1) is 0 Å². The highest BCUT2D eigenvalue weighted by molar-refractivity contribution is 7.93. The number of halogens is 3. The molecule has 0 unspecified atom stereocenters. The van der Waals surface area contributed by atoms with E-state index in [9.17, 15) is 16.8 Å². The fourth-order valence-corrected chi connectivity index (χ4v) is 16.1. The largest absolute Gasteiger partial charge is 0.495 e. The van der Waals surface area contributed by atoms with Crippen molar-refractivity contribution in [1.82, 2.24) is 59.5 Å². The number of aromatic nitrogens is 8. The molecule has 0 amide bonds. The van der Waals surface area contributed by atoms with E-state index in [1.165, 1.54) is 81.3 Å². The number of nitrogens with zero attached hydrogens (tertiary/aromatic N) is 14. The van der Waals surface area contributed by atoms with Gasteiger partial charge in [-0.2, -0.15) is 9.97 Å². The molecule has 4 saturated heterocycles. The molecule has 6 fully saturated rings. The Morgan fingerprint density at radius 3 is 1.39 bits per heavy atom. The van der Waals surface area contributed by atoms with Gasteiger partial charge in [0.1, 0.15) is 32.6 Å². The monoisotopic (exact) mass is 1420 g/mol. The maximum atomic E-state index is 13.0. The molecule has 2 aliphatic carbocycles. The number of anilines is 11. The summed E-state index contributed by atoms with van der Waals surface area (Å²) in [5.41, 5.74) is 15.6. The number of likely N-dealkylation sites (N-methyl/N-ethyl adjacent to an activating group) is 2. The lowest BCUT2D eigenvalue weighted by Gasteiger charge is -2.43. The van der Waals surface area contributed by atoms with E-state index in [-0.39, 0.29) is 37.8 Å². The third-order valence-electron chi connectivity index (χ3n) is 18.7. The molecule has 0 spiro atoms. The average molecular weight is 1420 g/mol. The van der Waals surface area contributed by atoms with Crippen molar-refractivity contribution in [3.8, 4) is 11.5 Å². The first-order valence-corrected chi connectivity index (χ1v) is 36.9. The van der Waals surface area contributed by atoms with E-state index in [1.54, 1.807) is 44.7 Å². The van der Waals surface area contributed by atoms with E-state index in [1.807, 2.05) is 6.07 Å². The zero-order valence-electron chi connectivity index (χ0n) is 55.3. The van der Waals surface area contributed by atoms with Crippen molar-refractivity contribution in [2.75, 3.05) is 148 Å². The highest BCUT2D eigenvalue weighted by Gasteiger charge is 2.38. The molecule has 8 aromatic rings. The minimum Gasteiger partial charge on any atom is -0.495 e. The summed E-state index contributed by atoms with van der Waals surface area (Å²) in [5.74, 6) is 2.30. The molecule has 26 nitrogen and oxygen atoms in total. The van der Waals surface area contributed by atoms with Gasteiger partial charge in [0, 0.05) is 139 Å². The Morgan fingerprint density at radius 1 is 0.495 bits per heavy atom. The van der Waals surface area contributed by atoms with Crippen LogP contribution in [0.2, 0.25) is 15.3 Å². The molecule has 8 heterocycles. The van der Waals surface area contributed by atoms with Crippen LogP contribution in [0.5, 0.6) is 11.5 Å². The van der Waals surface area contributed by atoms with E-state index in [2.05, 4.69) is 141 Å². The second kappa shape index (κ2) is 30.2. The van der Waals surface area contributed by atoms with Crippen LogP contribution < -0.4 is 50.4 Å². The number of aryl methyl sites for hydroxylation is 2. The molecule has 0 bridgehead atoms. The first kappa shape index (κ1) is 69.2. The number of rotatable bonds is 18. The summed E-state index contributed by atoms with van der Waals surface area (Å²) in [5, 5.41) is 9.19. The molecule has 31 heteroatoms. The molecule has 516 valence electrons. The Morgan fingerprint density at radius 2 is 0.928 bits per heavy atom. The van der Waals surface area contributed by atoms with Gasteiger partial charge >= 0.3 is 0 Å². The Labute approximate surface area is 581 Å². The number of hydrogen-bond donors (Lipinski definition) is 6. The van der Waals surface area contributed by atoms with Crippen LogP contribution >= 0.6 is 34.8 Å². The zero-order valence-corrected chi connectivity index (χ0v) is 59.2. The van der Waals surface area contributed by atoms with Crippen molar-refractivity contribution >= 4 is 140 Å². The van der Waals surface area contributed by atoms with Gasteiger partial charge in [0.25, 0.3) is 0 Å². The number of benzene rings is 4. The molecule has 7 N–H and O–H groups in total. The van der Waals surface area contributed by atoms with Gasteiger partial charge in [-0.05, 0) is 138 Å². The van der Waals surface area contributed by atoms with Crippen LogP contribution in [0.25, 0.3) is 22.1 Å². The van der Waals surface area contributed by atoms with Crippen molar-refractivity contribution in [3.05, 3.63) is 112 Å². The summed E-state index contributed by atoms with van der Waals surface area (Å²) in [6, 6.07) is 16.5. The smallest absolute Gasteiger partial charge is 0.235 e. The third-order valence-corrected chi connectivity index (χ3v) is 23.1. The van der Waals surface area contributed by atoms with Gasteiger partial charge in [0.15, 0.2) is 11.6 Å². The van der Waals surface area contributed by atoms with Crippen LogP contribution in [0.1, 0.15) is 62.5 Å². The van der Waals surface area contributed by atoms with Crippen LogP contribution in [0.15, 0.2) is 85.7 Å². The van der Waals surface area contributed by atoms with Gasteiger partial charge in [0.2, 0.25) is 31.3 Å². The van der Waals surface area contributed by atoms with Crippen LogP contribution in [0, 0.1) is 13.8 Å². The molecule has 2 saturated carbocycles. The Kier molecular flexibility index (Phi) is 21.6. The number of hydrogen-bond acceptors (Lipinski definition) is 24. The second-order valence-corrected chi connectivity index (χ2v) is 30.5. The molecule has 4 aromatic heterocycles. The van der Waals surface area contributed by atoms with E-state index in [0.29, 0.717) is 82.7 Å². The molecule has 6 aliphatic rings. The Balaban J connectivity index is 0.000000154. The van der Waals surface area contributed by atoms with Crippen molar-refractivity contribution in [3.63, 3.8) is 0 Å². The summed E-state index contributed by atoms with van der Waals surface area (Å²) >= 11 is 18.5. The summed E-state index contributed by atoms with van der Waals surface area (Å²) in [6.45, 7) is 17.9. The van der Waals surface area contributed by atoms with Crippen molar-refractivity contribution < 1.29 is 26.3 Å². The number of piperidine rings is 2. The van der Waals surface area contributed by atoms with Crippen LogP contribution in [0.4, 0.5) is 63.1 Å². The normalized spacial score (nSPS) is 18.0. The number of fused-ring (bicyclic) bond motifs is 2. The first-order valence-electron chi connectivity index (χ1n) is 32.7. The van der Waals surface area contributed by atoms with E-state index in [0.717, 1.165) is 99.6 Å². The Bertz CT molecular complexity index is 4360. The second-order valence-electron chi connectivity index (χ2n) is 25.5. The van der Waals surface area contributed by atoms with Gasteiger partial charge < -0.3 is 50.8 Å². The fraction of sp³-hybridized carbons (Fsp3) is 0.455. The third kappa shape index (κ3) is 16.7. The summed E-state index contributed by atoms with van der Waals surface area (Å²) in [6.07, 6.45) is 16.3. The van der Waals surface area contributed by atoms with Crippen molar-refractivity contribution in [2.45, 2.75) is 87.8 Å². The minimum atomic E-state index is -3.60. The quantitative estimate of drug-likeness (QED) is 0.0344. The molecule has 4 aliphatic heterocycles. The number of nitrogens with one attached hydrogen (secondary N) is 5. The summed E-state index contributed by atoms with van der Waals surface area (Å²) < 4.78 is 67.5. The van der Waals surface area contributed by atoms with E-state index >= 15 is 0 Å². The molecule has 4 aromatic carbocycles. The number of sulfonamides is 2. The molecular weight excluding hydrogens is 1340 g/mol. The molecule has 0 atom stereocenters. The molecule has 97 heavy (non-hydrogen) atoms. The SMILES string of the molecule is COc1cc(N2CCC(N3CCN(C)CC3)CC2)c(C)cc1N.COc1cc(N2CCC(N3CCN(C)CC3)CC2)c(C)cc1Nc1ncc(Cl)c(Nc2ccc3nccnc3c2NS(=O)(=O)C2CC2)n1.O=S(=O)(Nc1c(Nc2nc(Cl)ncc2Cl)ccc2nccnc12)C1CC1. The van der Waals surface area contributed by atoms with Gasteiger partial charge in [-0.1, -0.05) is 23.2 Å². The lowest BCUT2D eigenvalue weighted by atomic mass is 10.0. The molecule has 14 rings (SSSR count). The summed E-state index contributed by atoms with van der Waals surface area (Å²) in [4.78, 5) is 49.2. The molecule has 0 radical (unpaired) electrons. The average Bonchev–Trinajstić information content (AvgIpc) is 1.21. The predicted octanol–water partition coefficient (Wildman–Crippen LogP) is 10.2. The number of piperazine rings is 2. The van der Waals surface area contributed by atoms with Gasteiger partial charge in [-0.25, -0.2) is 26.8 Å². The van der Waals surface area contributed by atoms with E-state index < -0.39 is 25.3 Å². The van der Waals surface area contributed by atoms with Crippen LogP contribution in [0.3, 0.4) is 0 Å². The van der Waals surface area contributed by atoms with Crippen molar-refractivity contribution in [1.29, 1.82) is 0 Å². The molecular formula is C66H83Cl3N20O6S2. The van der Waals surface area contributed by atoms with Gasteiger partial charge in [-0.3, -0.25) is 39.2 Å². The number of nitrogen functional groups attached to an aromatic ring is 1. The highest BCUT2D eigenvalue weighted by Crippen LogP contribution is 2.42. The predicted molar refractivity (Wildman–Crippen MR) is 388 cm³/mol. The number of nitrogens with two attached hydrogens (primary N) is 1. The van der Waals surface area contributed by atoms with Crippen LogP contribution in [-0.4, -0.2) is 206 Å². The van der Waals surface area contributed by atoms with Crippen LogP contribution in [-0.2, 0) is 20.0 Å². The topological polar surface area (TPSA) is 295 Å². The van der Waals surface area contributed by atoms with Crippen molar-refractivity contribution in [2.24, 2.45) is 0 Å². The zero-order chi connectivity index (χ0) is 68.1. The van der Waals surface area contributed by atoms with E-state index in [4.69, 9.17) is 50.0 Å². The minimum absolute atomic E-state index is 0.0117. The fourth-order valence-electron chi connectivity index (χ4n) is 12.8. The first-order chi connectivity index (χ1) is 46.7. The maximum Gasteiger partial charge on any atom is 0.235 e. The lowest BCUT2D eigenvalue weighted by Crippen LogP contribution is -2.52.